The Labute approximate surface area is 70.9 Å². The van der Waals surface area contributed by atoms with E-state index < -0.39 is 0 Å². The molecular formula is C8H12N2O2. The lowest BCUT2D eigenvalue weighted by Gasteiger charge is -2.04. The summed E-state index contributed by atoms with van der Waals surface area (Å²) < 4.78 is 10.8. The van der Waals surface area contributed by atoms with Gasteiger partial charge in [0.25, 0.3) is 0 Å². The molecule has 0 amide bonds. The van der Waals surface area contributed by atoms with Crippen molar-refractivity contribution in [2.24, 2.45) is 0 Å². The van der Waals surface area contributed by atoms with E-state index in [-0.39, 0.29) is 6.10 Å². The van der Waals surface area contributed by atoms with Crippen molar-refractivity contribution in [2.45, 2.75) is 38.9 Å². The summed E-state index contributed by atoms with van der Waals surface area (Å²) in [5.41, 5.74) is 0. The second kappa shape index (κ2) is 2.86. The highest BCUT2D eigenvalue weighted by atomic mass is 16.5. The number of aryl methyl sites for hydroxylation is 1. The fourth-order valence-corrected chi connectivity index (χ4v) is 1.43. The third-order valence-corrected chi connectivity index (χ3v) is 2.05. The molecule has 0 N–H and O–H groups in total. The van der Waals surface area contributed by atoms with Gasteiger partial charge in [-0.05, 0) is 19.8 Å². The minimum Gasteiger partial charge on any atom is -0.423 e. The molecule has 0 aliphatic carbocycles. The summed E-state index contributed by atoms with van der Waals surface area (Å²) in [6, 6.07) is 0. The zero-order valence-corrected chi connectivity index (χ0v) is 7.28. The Bertz CT molecular complexity index is 272. The number of rotatable bonds is 1. The molecule has 4 heteroatoms. The number of hydrogen-bond acceptors (Lipinski definition) is 4. The topological polar surface area (TPSA) is 48.2 Å². The van der Waals surface area contributed by atoms with Gasteiger partial charge in [0.15, 0.2) is 0 Å². The van der Waals surface area contributed by atoms with Gasteiger partial charge < -0.3 is 9.15 Å². The number of aromatic nitrogens is 2. The molecule has 1 aliphatic heterocycles. The molecule has 0 spiro atoms. The summed E-state index contributed by atoms with van der Waals surface area (Å²) in [4.78, 5) is 0. The van der Waals surface area contributed by atoms with Crippen LogP contribution in [-0.2, 0) is 4.74 Å². The first-order chi connectivity index (χ1) is 5.75. The Kier molecular flexibility index (Phi) is 1.84. The van der Waals surface area contributed by atoms with Crippen molar-refractivity contribution in [1.82, 2.24) is 10.2 Å². The summed E-state index contributed by atoms with van der Waals surface area (Å²) in [5, 5.41) is 7.68. The molecule has 1 aromatic heterocycles. The van der Waals surface area contributed by atoms with Crippen LogP contribution in [0.2, 0.25) is 0 Å². The Morgan fingerprint density at radius 3 is 2.67 bits per heavy atom. The van der Waals surface area contributed by atoms with Gasteiger partial charge in [0.05, 0.1) is 6.10 Å². The normalized spacial score (nSPS) is 29.5. The molecule has 4 nitrogen and oxygen atoms in total. The Hall–Kier alpha value is -0.900. The van der Waals surface area contributed by atoms with Crippen molar-refractivity contribution in [3.05, 3.63) is 11.8 Å². The average molecular weight is 168 g/mol. The molecule has 2 atom stereocenters. The molecule has 66 valence electrons. The second-order valence-corrected chi connectivity index (χ2v) is 3.17. The first-order valence-corrected chi connectivity index (χ1v) is 4.21. The SMILES string of the molecule is Cc1nnc(C2CCC(C)O2)o1. The minimum absolute atomic E-state index is 0.0289. The summed E-state index contributed by atoms with van der Waals surface area (Å²) in [6.45, 7) is 3.85. The van der Waals surface area contributed by atoms with Crippen molar-refractivity contribution in [3.63, 3.8) is 0 Å². The maximum absolute atomic E-state index is 5.56. The van der Waals surface area contributed by atoms with E-state index in [9.17, 15) is 0 Å². The molecule has 2 unspecified atom stereocenters. The Balaban J connectivity index is 2.11. The van der Waals surface area contributed by atoms with Gasteiger partial charge >= 0.3 is 0 Å². The van der Waals surface area contributed by atoms with Crippen LogP contribution in [0.5, 0.6) is 0 Å². The standard InChI is InChI=1S/C8H12N2O2/c1-5-3-4-7(11-5)8-10-9-6(2)12-8/h5,7H,3-4H2,1-2H3. The number of hydrogen-bond donors (Lipinski definition) is 0. The molecule has 2 heterocycles. The molecule has 1 aromatic rings. The van der Waals surface area contributed by atoms with Crippen LogP contribution >= 0.6 is 0 Å². The van der Waals surface area contributed by atoms with Crippen molar-refractivity contribution < 1.29 is 9.15 Å². The zero-order chi connectivity index (χ0) is 8.55. The van der Waals surface area contributed by atoms with Crippen LogP contribution in [-0.4, -0.2) is 16.3 Å². The van der Waals surface area contributed by atoms with Gasteiger partial charge in [-0.2, -0.15) is 0 Å². The predicted molar refractivity (Wildman–Crippen MR) is 41.6 cm³/mol. The van der Waals surface area contributed by atoms with E-state index >= 15 is 0 Å². The van der Waals surface area contributed by atoms with E-state index in [1.54, 1.807) is 6.92 Å². The average Bonchev–Trinajstić information content (AvgIpc) is 2.58. The van der Waals surface area contributed by atoms with Gasteiger partial charge in [0.1, 0.15) is 6.10 Å². The van der Waals surface area contributed by atoms with Gasteiger partial charge in [-0.15, -0.1) is 10.2 Å². The zero-order valence-electron chi connectivity index (χ0n) is 7.28. The van der Waals surface area contributed by atoms with Crippen LogP contribution in [0.15, 0.2) is 4.42 Å². The highest BCUT2D eigenvalue weighted by Gasteiger charge is 2.27. The quantitative estimate of drug-likeness (QED) is 0.639. The van der Waals surface area contributed by atoms with E-state index in [2.05, 4.69) is 17.1 Å². The lowest BCUT2D eigenvalue weighted by Crippen LogP contribution is -2.01. The highest BCUT2D eigenvalue weighted by Crippen LogP contribution is 2.31. The molecule has 0 bridgehead atoms. The first kappa shape index (κ1) is 7.73. The smallest absolute Gasteiger partial charge is 0.245 e. The number of ether oxygens (including phenoxy) is 1. The molecule has 0 aromatic carbocycles. The fraction of sp³-hybridized carbons (Fsp3) is 0.750. The van der Waals surface area contributed by atoms with Gasteiger partial charge in [-0.1, -0.05) is 0 Å². The van der Waals surface area contributed by atoms with Gasteiger partial charge in [-0.25, -0.2) is 0 Å². The van der Waals surface area contributed by atoms with Crippen LogP contribution in [0.1, 0.15) is 37.7 Å². The molecule has 2 rings (SSSR count). The fourth-order valence-electron chi connectivity index (χ4n) is 1.43. The Morgan fingerprint density at radius 2 is 2.17 bits per heavy atom. The summed E-state index contributed by atoms with van der Waals surface area (Å²) >= 11 is 0. The molecular weight excluding hydrogens is 156 g/mol. The van der Waals surface area contributed by atoms with Crippen LogP contribution in [0.3, 0.4) is 0 Å². The largest absolute Gasteiger partial charge is 0.423 e. The molecule has 12 heavy (non-hydrogen) atoms. The van der Waals surface area contributed by atoms with Gasteiger partial charge in [0, 0.05) is 6.92 Å². The highest BCUT2D eigenvalue weighted by molar-refractivity contribution is 4.88. The Morgan fingerprint density at radius 1 is 1.33 bits per heavy atom. The van der Waals surface area contributed by atoms with Gasteiger partial charge in [-0.3, -0.25) is 0 Å². The van der Waals surface area contributed by atoms with Crippen molar-refractivity contribution in [2.75, 3.05) is 0 Å². The van der Waals surface area contributed by atoms with E-state index in [1.807, 2.05) is 0 Å². The van der Waals surface area contributed by atoms with Crippen LogP contribution in [0.25, 0.3) is 0 Å². The second-order valence-electron chi connectivity index (χ2n) is 3.17. The minimum atomic E-state index is 0.0289. The summed E-state index contributed by atoms with van der Waals surface area (Å²) in [5.74, 6) is 1.23. The van der Waals surface area contributed by atoms with E-state index in [0.717, 1.165) is 12.8 Å². The van der Waals surface area contributed by atoms with Crippen LogP contribution in [0.4, 0.5) is 0 Å². The van der Waals surface area contributed by atoms with Crippen LogP contribution < -0.4 is 0 Å². The van der Waals surface area contributed by atoms with Crippen molar-refractivity contribution >= 4 is 0 Å². The van der Waals surface area contributed by atoms with Gasteiger partial charge in [0.2, 0.25) is 11.8 Å². The first-order valence-electron chi connectivity index (χ1n) is 4.21. The van der Waals surface area contributed by atoms with E-state index in [0.29, 0.717) is 17.9 Å². The monoisotopic (exact) mass is 168 g/mol. The van der Waals surface area contributed by atoms with Crippen molar-refractivity contribution in [1.29, 1.82) is 0 Å². The number of nitrogens with zero attached hydrogens (tertiary/aromatic N) is 2. The maximum atomic E-state index is 5.56. The third kappa shape index (κ3) is 1.34. The van der Waals surface area contributed by atoms with Crippen molar-refractivity contribution in [3.8, 4) is 0 Å². The van der Waals surface area contributed by atoms with E-state index in [4.69, 9.17) is 9.15 Å². The van der Waals surface area contributed by atoms with E-state index in [1.165, 1.54) is 0 Å². The maximum Gasteiger partial charge on any atom is 0.245 e. The predicted octanol–water partition coefficient (Wildman–Crippen LogP) is 1.62. The third-order valence-electron chi connectivity index (χ3n) is 2.05. The molecule has 1 saturated heterocycles. The van der Waals surface area contributed by atoms with Crippen LogP contribution in [0, 0.1) is 6.92 Å². The molecule has 0 saturated carbocycles. The molecule has 0 radical (unpaired) electrons. The molecule has 1 fully saturated rings. The lowest BCUT2D eigenvalue weighted by molar-refractivity contribution is 0.0386. The summed E-state index contributed by atoms with van der Waals surface area (Å²) in [7, 11) is 0. The lowest BCUT2D eigenvalue weighted by atomic mass is 10.2. The molecule has 1 aliphatic rings. The summed E-state index contributed by atoms with van der Waals surface area (Å²) in [6.07, 6.45) is 2.41.